The molecule has 7 heteroatoms. The third-order valence-corrected chi connectivity index (χ3v) is 11.0. The van der Waals surface area contributed by atoms with Gasteiger partial charge < -0.3 is 0 Å². The smallest absolute Gasteiger partial charge is 0.229 e. The number of sulfonamides is 1. The van der Waals surface area contributed by atoms with Gasteiger partial charge in [0, 0.05) is 6.04 Å². The maximum atomic E-state index is 12.8. The second-order valence-corrected chi connectivity index (χ2v) is 14.2. The van der Waals surface area contributed by atoms with Gasteiger partial charge in [-0.2, -0.15) is 0 Å². The van der Waals surface area contributed by atoms with E-state index in [1.165, 1.54) is 6.42 Å². The number of aryl methyl sites for hydroxylation is 1. The molecule has 0 amide bonds. The first kappa shape index (κ1) is 24.7. The van der Waals surface area contributed by atoms with E-state index in [4.69, 9.17) is 0 Å². The number of hydrogen-bond donors (Lipinski definition) is 1. The molecule has 0 atom stereocenters. The van der Waals surface area contributed by atoms with Gasteiger partial charge in [0.15, 0.2) is 9.84 Å². The zero-order valence-corrected chi connectivity index (χ0v) is 20.7. The zero-order chi connectivity index (χ0) is 22.5. The molecule has 0 spiro atoms. The third kappa shape index (κ3) is 7.29. The minimum atomic E-state index is -3.46. The van der Waals surface area contributed by atoms with Gasteiger partial charge >= 0.3 is 0 Å². The fourth-order valence-corrected chi connectivity index (χ4v) is 7.70. The summed E-state index contributed by atoms with van der Waals surface area (Å²) in [5, 5.41) is -0.290. The zero-order valence-electron chi connectivity index (χ0n) is 19.1. The first-order valence-corrected chi connectivity index (χ1v) is 15.2. The summed E-state index contributed by atoms with van der Waals surface area (Å²) in [6, 6.07) is 7.44. The second-order valence-electron chi connectivity index (χ2n) is 9.91. The van der Waals surface area contributed by atoms with Crippen molar-refractivity contribution in [2.45, 2.75) is 101 Å². The minimum Gasteiger partial charge on any atom is -0.229 e. The fourth-order valence-electron chi connectivity index (χ4n) is 4.95. The van der Waals surface area contributed by atoms with Gasteiger partial charge in [-0.05, 0) is 81.9 Å². The van der Waals surface area contributed by atoms with Crippen LogP contribution in [0.3, 0.4) is 0 Å². The topological polar surface area (TPSA) is 80.3 Å². The Morgan fingerprint density at radius 3 is 2.19 bits per heavy atom. The molecule has 2 fully saturated rings. The molecule has 0 aliphatic heterocycles. The highest BCUT2D eigenvalue weighted by atomic mass is 32.2. The van der Waals surface area contributed by atoms with E-state index in [1.807, 2.05) is 18.2 Å². The van der Waals surface area contributed by atoms with Crippen LogP contribution < -0.4 is 4.72 Å². The quantitative estimate of drug-likeness (QED) is 0.560. The van der Waals surface area contributed by atoms with Crippen LogP contribution in [0.5, 0.6) is 0 Å². The Morgan fingerprint density at radius 1 is 0.903 bits per heavy atom. The molecule has 2 saturated carbocycles. The highest BCUT2D eigenvalue weighted by Gasteiger charge is 2.27. The lowest BCUT2D eigenvalue weighted by Crippen LogP contribution is -2.36. The summed E-state index contributed by atoms with van der Waals surface area (Å²) < 4.78 is 52.8. The number of benzene rings is 1. The predicted molar refractivity (Wildman–Crippen MR) is 126 cm³/mol. The first-order valence-electron chi connectivity index (χ1n) is 12.0. The van der Waals surface area contributed by atoms with Gasteiger partial charge in [-0.15, -0.1) is 0 Å². The molecule has 0 heterocycles. The summed E-state index contributed by atoms with van der Waals surface area (Å²) in [7, 11) is -6.43. The van der Waals surface area contributed by atoms with Crippen molar-refractivity contribution in [3.05, 3.63) is 29.8 Å². The highest BCUT2D eigenvalue weighted by molar-refractivity contribution is 7.92. The summed E-state index contributed by atoms with van der Waals surface area (Å²) in [5.74, 6) is 1.22. The lowest BCUT2D eigenvalue weighted by atomic mass is 9.80. The minimum absolute atomic E-state index is 0.0668. The van der Waals surface area contributed by atoms with Crippen LogP contribution in [0, 0.1) is 11.8 Å². The number of rotatable bonds is 9. The van der Waals surface area contributed by atoms with E-state index >= 15 is 0 Å². The van der Waals surface area contributed by atoms with Crippen molar-refractivity contribution in [3.63, 3.8) is 0 Å². The Balaban J connectivity index is 1.49. The monoisotopic (exact) mass is 469 g/mol. The molecule has 176 valence electrons. The van der Waals surface area contributed by atoms with Gasteiger partial charge in [0.1, 0.15) is 0 Å². The molecule has 0 aromatic heterocycles. The third-order valence-electron chi connectivity index (χ3n) is 7.13. The van der Waals surface area contributed by atoms with Crippen LogP contribution in [0.2, 0.25) is 0 Å². The van der Waals surface area contributed by atoms with Crippen LogP contribution in [0.25, 0.3) is 0 Å². The van der Waals surface area contributed by atoms with E-state index in [9.17, 15) is 16.8 Å². The Kier molecular flexibility index (Phi) is 8.61. The van der Waals surface area contributed by atoms with Crippen molar-refractivity contribution in [2.24, 2.45) is 11.8 Å². The van der Waals surface area contributed by atoms with Gasteiger partial charge in [0.05, 0.1) is 15.9 Å². The average Bonchev–Trinajstić information content (AvgIpc) is 2.73. The molecule has 0 bridgehead atoms. The van der Waals surface area contributed by atoms with Crippen LogP contribution in [0.15, 0.2) is 29.2 Å². The van der Waals surface area contributed by atoms with E-state index < -0.39 is 19.9 Å². The molecule has 0 saturated heterocycles. The van der Waals surface area contributed by atoms with Crippen LogP contribution in [0.1, 0.15) is 83.6 Å². The summed E-state index contributed by atoms with van der Waals surface area (Å²) in [6.07, 6.45) is 11.3. The average molecular weight is 470 g/mol. The lowest BCUT2D eigenvalue weighted by Gasteiger charge is -2.29. The van der Waals surface area contributed by atoms with E-state index in [0.717, 1.165) is 69.8 Å². The molecule has 1 aromatic rings. The Hall–Kier alpha value is -0.920. The van der Waals surface area contributed by atoms with E-state index in [2.05, 4.69) is 4.72 Å². The molecule has 1 N–H and O–H groups in total. The van der Waals surface area contributed by atoms with Gasteiger partial charge in [0.25, 0.3) is 0 Å². The van der Waals surface area contributed by atoms with Gasteiger partial charge in [-0.3, -0.25) is 0 Å². The Morgan fingerprint density at radius 2 is 1.55 bits per heavy atom. The standard InChI is InChI=1S/C24H39NO4S2/c1-19(2)30(26,27)18-22-15-12-20(13-16-22)11-14-21-7-6-10-24(17-21)31(28,29)25-23-8-4-3-5-9-23/h6-7,10,17,19-20,22-23,25H,3-5,8-9,11-16,18H2,1-2H3. The lowest BCUT2D eigenvalue weighted by molar-refractivity contribution is 0.278. The highest BCUT2D eigenvalue weighted by Crippen LogP contribution is 2.33. The first-order chi connectivity index (χ1) is 14.7. The molecule has 1 aromatic carbocycles. The van der Waals surface area contributed by atoms with Crippen molar-refractivity contribution < 1.29 is 16.8 Å². The molecule has 2 aliphatic carbocycles. The Bertz CT molecular complexity index is 911. The van der Waals surface area contributed by atoms with E-state index in [-0.39, 0.29) is 11.3 Å². The van der Waals surface area contributed by atoms with Crippen molar-refractivity contribution in [1.82, 2.24) is 4.72 Å². The second kappa shape index (κ2) is 10.8. The van der Waals surface area contributed by atoms with Crippen molar-refractivity contribution in [2.75, 3.05) is 5.75 Å². The van der Waals surface area contributed by atoms with Crippen LogP contribution in [-0.2, 0) is 26.3 Å². The van der Waals surface area contributed by atoms with Crippen LogP contribution in [-0.4, -0.2) is 33.9 Å². The maximum Gasteiger partial charge on any atom is 0.240 e. The van der Waals surface area contributed by atoms with Crippen LogP contribution >= 0.6 is 0 Å². The molecule has 0 unspecified atom stereocenters. The molecule has 2 aliphatic rings. The fraction of sp³-hybridized carbons (Fsp3) is 0.750. The molecule has 31 heavy (non-hydrogen) atoms. The van der Waals surface area contributed by atoms with E-state index in [1.54, 1.807) is 19.9 Å². The maximum absolute atomic E-state index is 12.8. The summed E-state index contributed by atoms with van der Waals surface area (Å²) in [5.41, 5.74) is 1.07. The molecule has 0 radical (unpaired) electrons. The normalized spacial score (nSPS) is 23.8. The van der Waals surface area contributed by atoms with Crippen molar-refractivity contribution in [1.29, 1.82) is 0 Å². The summed E-state index contributed by atoms with van der Waals surface area (Å²) in [4.78, 5) is 0.373. The Labute approximate surface area is 189 Å². The molecular formula is C24H39NO4S2. The van der Waals surface area contributed by atoms with Crippen molar-refractivity contribution in [3.8, 4) is 0 Å². The van der Waals surface area contributed by atoms with Crippen LogP contribution in [0.4, 0.5) is 0 Å². The molecule has 3 rings (SSSR count). The van der Waals surface area contributed by atoms with Gasteiger partial charge in [-0.25, -0.2) is 21.6 Å². The van der Waals surface area contributed by atoms with Gasteiger partial charge in [0.2, 0.25) is 10.0 Å². The molecule has 5 nitrogen and oxygen atoms in total. The van der Waals surface area contributed by atoms with E-state index in [0.29, 0.717) is 22.5 Å². The van der Waals surface area contributed by atoms with Gasteiger partial charge in [-0.1, -0.05) is 44.2 Å². The number of hydrogen-bond acceptors (Lipinski definition) is 4. The summed E-state index contributed by atoms with van der Waals surface area (Å²) in [6.45, 7) is 3.53. The predicted octanol–water partition coefficient (Wildman–Crippen LogP) is 4.86. The van der Waals surface area contributed by atoms with Crippen molar-refractivity contribution >= 4 is 19.9 Å². The summed E-state index contributed by atoms with van der Waals surface area (Å²) >= 11 is 0. The molecular weight excluding hydrogens is 430 g/mol. The number of nitrogens with one attached hydrogen (secondary N) is 1. The largest absolute Gasteiger partial charge is 0.240 e. The SMILES string of the molecule is CC(C)S(=O)(=O)CC1CCC(CCc2cccc(S(=O)(=O)NC3CCCCC3)c2)CC1. The number of sulfone groups is 1.